The Balaban J connectivity index is 2.24. The Kier molecular flexibility index (Phi) is 3.16. The Morgan fingerprint density at radius 1 is 1.53 bits per heavy atom. The van der Waals surface area contributed by atoms with Crippen molar-refractivity contribution in [3.05, 3.63) is 17.5 Å². The SMILES string of the molecule is COc1ncc(C)c([C@H]2CCCNC2)n1. The molecule has 0 bridgehead atoms. The maximum Gasteiger partial charge on any atom is 0.316 e. The van der Waals surface area contributed by atoms with Gasteiger partial charge in [0.1, 0.15) is 0 Å². The van der Waals surface area contributed by atoms with E-state index in [1.807, 2.05) is 6.20 Å². The number of aryl methyl sites for hydroxylation is 1. The van der Waals surface area contributed by atoms with E-state index < -0.39 is 0 Å². The van der Waals surface area contributed by atoms with Gasteiger partial charge < -0.3 is 10.1 Å². The van der Waals surface area contributed by atoms with Gasteiger partial charge in [0.05, 0.1) is 12.8 Å². The van der Waals surface area contributed by atoms with Crippen LogP contribution in [0.15, 0.2) is 6.20 Å². The molecule has 0 spiro atoms. The molecular formula is C11H17N3O. The molecule has 1 aromatic rings. The first kappa shape index (κ1) is 10.4. The number of nitrogens with one attached hydrogen (secondary N) is 1. The summed E-state index contributed by atoms with van der Waals surface area (Å²) in [4.78, 5) is 8.54. The van der Waals surface area contributed by atoms with Gasteiger partial charge in [-0.05, 0) is 31.9 Å². The predicted molar refractivity (Wildman–Crippen MR) is 58.2 cm³/mol. The van der Waals surface area contributed by atoms with E-state index in [1.165, 1.54) is 12.8 Å². The molecule has 4 nitrogen and oxygen atoms in total. The Labute approximate surface area is 90.1 Å². The molecule has 82 valence electrons. The van der Waals surface area contributed by atoms with Crippen molar-refractivity contribution in [1.29, 1.82) is 0 Å². The average Bonchev–Trinajstić information content (AvgIpc) is 2.31. The molecule has 15 heavy (non-hydrogen) atoms. The van der Waals surface area contributed by atoms with E-state index in [2.05, 4.69) is 22.2 Å². The van der Waals surface area contributed by atoms with Gasteiger partial charge in [-0.25, -0.2) is 4.98 Å². The van der Waals surface area contributed by atoms with Gasteiger partial charge in [-0.3, -0.25) is 0 Å². The largest absolute Gasteiger partial charge is 0.467 e. The molecule has 4 heteroatoms. The van der Waals surface area contributed by atoms with Crippen LogP contribution in [0.3, 0.4) is 0 Å². The van der Waals surface area contributed by atoms with E-state index in [1.54, 1.807) is 7.11 Å². The Bertz CT molecular complexity index is 335. The minimum atomic E-state index is 0.473. The minimum Gasteiger partial charge on any atom is -0.467 e. The number of hydrogen-bond acceptors (Lipinski definition) is 4. The Morgan fingerprint density at radius 2 is 2.40 bits per heavy atom. The van der Waals surface area contributed by atoms with Crippen LogP contribution in [0.2, 0.25) is 0 Å². The highest BCUT2D eigenvalue weighted by Crippen LogP contribution is 2.24. The van der Waals surface area contributed by atoms with Crippen LogP contribution < -0.4 is 10.1 Å². The lowest BCUT2D eigenvalue weighted by atomic mass is 9.94. The molecule has 2 rings (SSSR count). The highest BCUT2D eigenvalue weighted by Gasteiger charge is 2.19. The second-order valence-corrected chi connectivity index (χ2v) is 3.97. The van der Waals surface area contributed by atoms with Gasteiger partial charge in [-0.15, -0.1) is 0 Å². The lowest BCUT2D eigenvalue weighted by Crippen LogP contribution is -2.29. The molecule has 0 amide bonds. The third kappa shape index (κ3) is 2.26. The molecule has 2 heterocycles. The summed E-state index contributed by atoms with van der Waals surface area (Å²) in [5, 5.41) is 3.40. The summed E-state index contributed by atoms with van der Waals surface area (Å²) < 4.78 is 5.06. The maximum absolute atomic E-state index is 5.06. The van der Waals surface area contributed by atoms with E-state index in [-0.39, 0.29) is 0 Å². The Hall–Kier alpha value is -1.16. The first-order chi connectivity index (χ1) is 7.31. The third-order valence-electron chi connectivity index (χ3n) is 2.85. The van der Waals surface area contributed by atoms with Crippen molar-refractivity contribution < 1.29 is 4.74 Å². The van der Waals surface area contributed by atoms with Crippen LogP contribution in [0, 0.1) is 6.92 Å². The van der Waals surface area contributed by atoms with E-state index in [0.717, 1.165) is 24.3 Å². The number of aromatic nitrogens is 2. The van der Waals surface area contributed by atoms with Crippen molar-refractivity contribution >= 4 is 0 Å². The van der Waals surface area contributed by atoms with Gasteiger partial charge in [0.15, 0.2) is 0 Å². The van der Waals surface area contributed by atoms with Gasteiger partial charge >= 0.3 is 6.01 Å². The lowest BCUT2D eigenvalue weighted by molar-refractivity contribution is 0.372. The topological polar surface area (TPSA) is 47.0 Å². The van der Waals surface area contributed by atoms with Gasteiger partial charge in [-0.1, -0.05) is 0 Å². The lowest BCUT2D eigenvalue weighted by Gasteiger charge is -2.23. The van der Waals surface area contributed by atoms with Crippen LogP contribution in [-0.4, -0.2) is 30.2 Å². The van der Waals surface area contributed by atoms with Crippen LogP contribution in [0.1, 0.15) is 30.0 Å². The standard InChI is InChI=1S/C11H17N3O/c1-8-6-13-11(15-2)14-10(8)9-4-3-5-12-7-9/h6,9,12H,3-5,7H2,1-2H3/t9-/m0/s1. The number of nitrogens with zero attached hydrogens (tertiary/aromatic N) is 2. The monoisotopic (exact) mass is 207 g/mol. The van der Waals surface area contributed by atoms with Crippen molar-refractivity contribution in [2.75, 3.05) is 20.2 Å². The van der Waals surface area contributed by atoms with Gasteiger partial charge in [0.25, 0.3) is 0 Å². The zero-order chi connectivity index (χ0) is 10.7. The van der Waals surface area contributed by atoms with Crippen LogP contribution in [0.25, 0.3) is 0 Å². The number of hydrogen-bond donors (Lipinski definition) is 1. The van der Waals surface area contributed by atoms with Crippen LogP contribution in [0.4, 0.5) is 0 Å². The number of methoxy groups -OCH3 is 1. The molecule has 0 unspecified atom stereocenters. The van der Waals surface area contributed by atoms with Crippen LogP contribution >= 0.6 is 0 Å². The zero-order valence-corrected chi connectivity index (χ0v) is 9.29. The second kappa shape index (κ2) is 4.57. The summed E-state index contributed by atoms with van der Waals surface area (Å²) in [7, 11) is 1.60. The first-order valence-electron chi connectivity index (χ1n) is 5.39. The molecule has 1 aliphatic rings. The number of ether oxygens (including phenoxy) is 1. The van der Waals surface area contributed by atoms with Gasteiger partial charge in [0, 0.05) is 18.7 Å². The first-order valence-corrected chi connectivity index (χ1v) is 5.39. The normalized spacial score (nSPS) is 21.3. The minimum absolute atomic E-state index is 0.473. The third-order valence-corrected chi connectivity index (χ3v) is 2.85. The summed E-state index contributed by atoms with van der Waals surface area (Å²) in [6, 6.07) is 0.473. The number of rotatable bonds is 2. The molecule has 1 N–H and O–H groups in total. The van der Waals surface area contributed by atoms with Gasteiger partial charge in [-0.2, -0.15) is 4.98 Å². The molecule has 0 radical (unpaired) electrons. The maximum atomic E-state index is 5.06. The Morgan fingerprint density at radius 3 is 3.07 bits per heavy atom. The van der Waals surface area contributed by atoms with E-state index in [4.69, 9.17) is 4.74 Å². The van der Waals surface area contributed by atoms with E-state index in [9.17, 15) is 0 Å². The highest BCUT2D eigenvalue weighted by atomic mass is 16.5. The quantitative estimate of drug-likeness (QED) is 0.793. The molecule has 1 atom stereocenters. The average molecular weight is 207 g/mol. The zero-order valence-electron chi connectivity index (χ0n) is 9.29. The summed E-state index contributed by atoms with van der Waals surface area (Å²) in [5.41, 5.74) is 2.29. The molecule has 1 fully saturated rings. The summed E-state index contributed by atoms with van der Waals surface area (Å²) in [6.07, 6.45) is 4.26. The van der Waals surface area contributed by atoms with Crippen molar-refractivity contribution in [3.63, 3.8) is 0 Å². The highest BCUT2D eigenvalue weighted by molar-refractivity contribution is 5.22. The second-order valence-electron chi connectivity index (χ2n) is 3.97. The number of piperidine rings is 1. The fourth-order valence-electron chi connectivity index (χ4n) is 2.04. The van der Waals surface area contributed by atoms with Crippen LogP contribution in [0.5, 0.6) is 6.01 Å². The molecule has 1 saturated heterocycles. The van der Waals surface area contributed by atoms with Crippen molar-refractivity contribution in [2.24, 2.45) is 0 Å². The van der Waals surface area contributed by atoms with Crippen molar-refractivity contribution in [2.45, 2.75) is 25.7 Å². The molecule has 0 saturated carbocycles. The van der Waals surface area contributed by atoms with E-state index in [0.29, 0.717) is 11.9 Å². The molecule has 1 aliphatic heterocycles. The predicted octanol–water partition coefficient (Wildman–Crippen LogP) is 1.26. The molecule has 1 aromatic heterocycles. The van der Waals surface area contributed by atoms with Gasteiger partial charge in [0.2, 0.25) is 0 Å². The van der Waals surface area contributed by atoms with Crippen LogP contribution in [-0.2, 0) is 0 Å². The smallest absolute Gasteiger partial charge is 0.316 e. The summed E-state index contributed by atoms with van der Waals surface area (Å²) >= 11 is 0. The fraction of sp³-hybridized carbons (Fsp3) is 0.636. The summed E-state index contributed by atoms with van der Waals surface area (Å²) in [6.45, 7) is 4.20. The molecule has 0 aliphatic carbocycles. The molecular weight excluding hydrogens is 190 g/mol. The fourth-order valence-corrected chi connectivity index (χ4v) is 2.04. The van der Waals surface area contributed by atoms with E-state index >= 15 is 0 Å². The summed E-state index contributed by atoms with van der Waals surface area (Å²) in [5.74, 6) is 0.510. The van der Waals surface area contributed by atoms with Crippen molar-refractivity contribution in [3.8, 4) is 6.01 Å². The molecule has 0 aromatic carbocycles. The van der Waals surface area contributed by atoms with Crippen molar-refractivity contribution in [1.82, 2.24) is 15.3 Å².